The maximum atomic E-state index is 12.4. The molecule has 2 fully saturated rings. The molecule has 2 aliphatic rings. The van der Waals surface area contributed by atoms with E-state index in [1.54, 1.807) is 13.8 Å². The molecular weight excluding hydrogens is 556 g/mol. The number of rotatable bonds is 11. The Hall–Kier alpha value is -3.10. The highest BCUT2D eigenvalue weighted by Crippen LogP contribution is 2.52. The maximum absolute atomic E-state index is 12.4. The first-order valence-electron chi connectivity index (χ1n) is 14.6. The topological polar surface area (TPSA) is 72.5 Å². The molecule has 8 heteroatoms. The van der Waals surface area contributed by atoms with Crippen LogP contribution in [0.15, 0.2) is 72.8 Å². The van der Waals surface area contributed by atoms with Gasteiger partial charge in [-0.2, -0.15) is 0 Å². The molecule has 224 valence electrons. The van der Waals surface area contributed by atoms with E-state index >= 15 is 0 Å². The normalized spacial score (nSPS) is 23.9. The van der Waals surface area contributed by atoms with Crippen LogP contribution in [-0.2, 0) is 42.5 Å². The number of carbonyl (C=O) groups excluding carboxylic acids is 1. The summed E-state index contributed by atoms with van der Waals surface area (Å²) < 4.78 is 36.3. The SMILES string of the molecule is CCOc1ccc(Cc2cc([C@]34CC(OCc5ccccc5)C[C@](C(C)OC(=O)OC(C)C)(CO3)O4)ccc2Cl)cc1. The predicted molar refractivity (Wildman–Crippen MR) is 160 cm³/mol. The fourth-order valence-electron chi connectivity index (χ4n) is 5.63. The molecule has 0 aromatic heterocycles. The van der Waals surface area contributed by atoms with Crippen molar-refractivity contribution < 1.29 is 33.2 Å². The van der Waals surface area contributed by atoms with Crippen LogP contribution in [0.5, 0.6) is 5.75 Å². The van der Waals surface area contributed by atoms with E-state index in [1.807, 2.05) is 86.6 Å². The monoisotopic (exact) mass is 594 g/mol. The lowest BCUT2D eigenvalue weighted by Gasteiger charge is -2.43. The molecule has 2 saturated heterocycles. The Kier molecular flexibility index (Phi) is 9.43. The van der Waals surface area contributed by atoms with Crippen molar-refractivity contribution in [3.63, 3.8) is 0 Å². The van der Waals surface area contributed by atoms with Crippen molar-refractivity contribution in [2.75, 3.05) is 13.2 Å². The first-order chi connectivity index (χ1) is 20.2. The van der Waals surface area contributed by atoms with Gasteiger partial charge in [-0.05, 0) is 75.1 Å². The summed E-state index contributed by atoms with van der Waals surface area (Å²) in [4.78, 5) is 12.4. The summed E-state index contributed by atoms with van der Waals surface area (Å²) >= 11 is 6.69. The number of halogens is 1. The van der Waals surface area contributed by atoms with Gasteiger partial charge in [0.25, 0.3) is 0 Å². The molecule has 0 aliphatic carbocycles. The standard InChI is InChI=1S/C34H39ClO7/c1-5-37-29-14-11-25(12-15-29)17-27-18-28(13-16-31(27)35)34-20-30(38-21-26-9-7-6-8-10-26)19-33(42-34,22-39-34)24(4)41-32(36)40-23(2)3/h6-16,18,23-24,30H,5,17,19-22H2,1-4H3/t24?,30?,33-,34-/m1/s1. The number of hydrogen-bond donors (Lipinski definition) is 0. The summed E-state index contributed by atoms with van der Waals surface area (Å²) in [5, 5.41) is 0.661. The average Bonchev–Trinajstić information content (AvgIpc) is 3.26. The van der Waals surface area contributed by atoms with Gasteiger partial charge in [0.2, 0.25) is 0 Å². The minimum atomic E-state index is -1.09. The highest BCUT2D eigenvalue weighted by atomic mass is 35.5. The smallest absolute Gasteiger partial charge is 0.494 e. The maximum Gasteiger partial charge on any atom is 0.508 e. The van der Waals surface area contributed by atoms with Crippen LogP contribution in [0.1, 0.15) is 62.8 Å². The van der Waals surface area contributed by atoms with Crippen molar-refractivity contribution in [2.24, 2.45) is 0 Å². The minimum Gasteiger partial charge on any atom is -0.494 e. The molecule has 3 aromatic carbocycles. The third kappa shape index (κ3) is 6.92. The van der Waals surface area contributed by atoms with Crippen LogP contribution < -0.4 is 4.74 Å². The number of ether oxygens (including phenoxy) is 6. The molecular formula is C34H39ClO7. The molecule has 4 atom stereocenters. The van der Waals surface area contributed by atoms with Crippen molar-refractivity contribution in [3.05, 3.63) is 100 Å². The van der Waals surface area contributed by atoms with Gasteiger partial charge in [0, 0.05) is 23.4 Å². The van der Waals surface area contributed by atoms with Gasteiger partial charge in [-0.1, -0.05) is 60.1 Å². The highest BCUT2D eigenvalue weighted by molar-refractivity contribution is 6.31. The van der Waals surface area contributed by atoms with Gasteiger partial charge in [-0.25, -0.2) is 4.79 Å². The van der Waals surface area contributed by atoms with Gasteiger partial charge in [-0.15, -0.1) is 0 Å². The van der Waals surface area contributed by atoms with Crippen LogP contribution in [0.2, 0.25) is 5.02 Å². The van der Waals surface area contributed by atoms with E-state index in [9.17, 15) is 4.79 Å². The lowest BCUT2D eigenvalue weighted by atomic mass is 9.84. The van der Waals surface area contributed by atoms with Crippen LogP contribution in [0.4, 0.5) is 4.79 Å². The van der Waals surface area contributed by atoms with E-state index in [2.05, 4.69) is 0 Å². The zero-order valence-electron chi connectivity index (χ0n) is 24.6. The van der Waals surface area contributed by atoms with Gasteiger partial charge in [0.15, 0.2) is 5.79 Å². The number of hydrogen-bond acceptors (Lipinski definition) is 7. The second kappa shape index (κ2) is 13.0. The fraction of sp³-hybridized carbons (Fsp3) is 0.441. The Bertz CT molecular complexity index is 1350. The van der Waals surface area contributed by atoms with Crippen molar-refractivity contribution in [3.8, 4) is 5.75 Å². The minimum absolute atomic E-state index is 0.209. The molecule has 2 heterocycles. The Morgan fingerprint density at radius 2 is 1.74 bits per heavy atom. The Morgan fingerprint density at radius 3 is 2.45 bits per heavy atom. The number of benzene rings is 3. The first-order valence-corrected chi connectivity index (χ1v) is 15.0. The van der Waals surface area contributed by atoms with Crippen molar-refractivity contribution in [1.82, 2.24) is 0 Å². The first kappa shape index (κ1) is 30.4. The van der Waals surface area contributed by atoms with Gasteiger partial charge in [-0.3, -0.25) is 0 Å². The van der Waals surface area contributed by atoms with E-state index in [1.165, 1.54) is 0 Å². The molecule has 0 radical (unpaired) electrons. The highest BCUT2D eigenvalue weighted by Gasteiger charge is 2.61. The van der Waals surface area contributed by atoms with E-state index in [4.69, 9.17) is 40.0 Å². The number of fused-ring (bicyclic) bond motifs is 2. The second-order valence-corrected chi connectivity index (χ2v) is 11.7. The summed E-state index contributed by atoms with van der Waals surface area (Å²) in [5.74, 6) is -0.251. The Labute approximate surface area is 253 Å². The molecule has 3 aromatic rings. The summed E-state index contributed by atoms with van der Waals surface area (Å²) in [7, 11) is 0. The molecule has 0 saturated carbocycles. The average molecular weight is 595 g/mol. The van der Waals surface area contributed by atoms with Gasteiger partial charge in [0.05, 0.1) is 32.0 Å². The van der Waals surface area contributed by atoms with Crippen molar-refractivity contribution in [1.29, 1.82) is 0 Å². The third-order valence-corrected chi connectivity index (χ3v) is 8.14. The van der Waals surface area contributed by atoms with Crippen LogP contribution >= 0.6 is 11.6 Å². The fourth-order valence-corrected chi connectivity index (χ4v) is 5.81. The molecule has 0 N–H and O–H groups in total. The van der Waals surface area contributed by atoms with Crippen molar-refractivity contribution >= 4 is 17.8 Å². The quantitative estimate of drug-likeness (QED) is 0.212. The lowest BCUT2D eigenvalue weighted by molar-refractivity contribution is -0.265. The summed E-state index contributed by atoms with van der Waals surface area (Å²) in [5.41, 5.74) is 3.07. The molecule has 0 spiro atoms. The zero-order valence-corrected chi connectivity index (χ0v) is 25.4. The largest absolute Gasteiger partial charge is 0.508 e. The second-order valence-electron chi connectivity index (χ2n) is 11.3. The van der Waals surface area contributed by atoms with Crippen molar-refractivity contribution in [2.45, 2.75) is 83.3 Å². The zero-order chi connectivity index (χ0) is 29.7. The van der Waals surface area contributed by atoms with Gasteiger partial charge < -0.3 is 28.4 Å². The Morgan fingerprint density at radius 1 is 0.976 bits per heavy atom. The van der Waals surface area contributed by atoms with E-state index in [0.717, 1.165) is 28.0 Å². The summed E-state index contributed by atoms with van der Waals surface area (Å²) in [6.07, 6.45) is -0.251. The van der Waals surface area contributed by atoms with Crippen LogP contribution in [0, 0.1) is 0 Å². The predicted octanol–water partition coefficient (Wildman–Crippen LogP) is 7.60. The van der Waals surface area contributed by atoms with Crippen LogP contribution in [0.25, 0.3) is 0 Å². The molecule has 42 heavy (non-hydrogen) atoms. The van der Waals surface area contributed by atoms with E-state index < -0.39 is 23.6 Å². The van der Waals surface area contributed by atoms with Crippen LogP contribution in [-0.4, -0.2) is 43.3 Å². The number of carbonyl (C=O) groups is 1. The molecule has 5 rings (SSSR count). The molecule has 2 bridgehead atoms. The third-order valence-electron chi connectivity index (χ3n) is 7.78. The Balaban J connectivity index is 1.41. The molecule has 7 nitrogen and oxygen atoms in total. The summed E-state index contributed by atoms with van der Waals surface area (Å²) in [6.45, 7) is 8.66. The molecule has 2 aliphatic heterocycles. The van der Waals surface area contributed by atoms with Gasteiger partial charge in [0.1, 0.15) is 17.5 Å². The lowest BCUT2D eigenvalue weighted by Crippen LogP contribution is -2.53. The van der Waals surface area contributed by atoms with Crippen LogP contribution in [0.3, 0.4) is 0 Å². The van der Waals surface area contributed by atoms with E-state index in [-0.39, 0.29) is 18.8 Å². The molecule has 0 amide bonds. The summed E-state index contributed by atoms with van der Waals surface area (Å²) in [6, 6.07) is 23.9. The van der Waals surface area contributed by atoms with E-state index in [0.29, 0.717) is 37.5 Å². The van der Waals surface area contributed by atoms with Gasteiger partial charge >= 0.3 is 6.16 Å². The molecule has 2 unspecified atom stereocenters.